The largest absolute Gasteiger partial charge is 0.472 e. The number of amides is 1. The average molecular weight is 265 g/mol. The van der Waals surface area contributed by atoms with Gasteiger partial charge in [-0.2, -0.15) is 4.98 Å². The molecule has 0 aliphatic carbocycles. The van der Waals surface area contributed by atoms with E-state index in [4.69, 9.17) is 9.47 Å². The lowest BCUT2D eigenvalue weighted by molar-refractivity contribution is -0.135. The summed E-state index contributed by atoms with van der Waals surface area (Å²) in [6.45, 7) is 5.70. The molecule has 1 saturated heterocycles. The SMILES string of the molecule is CCOCC(=O)N1CC[C@H](Oc2ccnc(C)n2)C1. The van der Waals surface area contributed by atoms with Gasteiger partial charge in [0.2, 0.25) is 11.8 Å². The second-order valence-corrected chi connectivity index (χ2v) is 4.45. The Bertz CT molecular complexity index is 439. The van der Waals surface area contributed by atoms with E-state index in [1.54, 1.807) is 17.2 Å². The van der Waals surface area contributed by atoms with Gasteiger partial charge in [0.1, 0.15) is 18.5 Å². The molecular formula is C13H19N3O3. The lowest BCUT2D eigenvalue weighted by Crippen LogP contribution is -2.33. The molecule has 1 aromatic heterocycles. The van der Waals surface area contributed by atoms with Crippen LogP contribution in [0.3, 0.4) is 0 Å². The van der Waals surface area contributed by atoms with Crippen LogP contribution in [-0.2, 0) is 9.53 Å². The van der Waals surface area contributed by atoms with Crippen LogP contribution in [0.15, 0.2) is 12.3 Å². The maximum atomic E-state index is 11.8. The maximum Gasteiger partial charge on any atom is 0.248 e. The van der Waals surface area contributed by atoms with Gasteiger partial charge in [0.15, 0.2) is 0 Å². The minimum Gasteiger partial charge on any atom is -0.472 e. The van der Waals surface area contributed by atoms with E-state index in [1.807, 2.05) is 13.8 Å². The van der Waals surface area contributed by atoms with E-state index in [0.717, 1.165) is 6.42 Å². The van der Waals surface area contributed by atoms with Crippen LogP contribution in [0.5, 0.6) is 5.88 Å². The zero-order chi connectivity index (χ0) is 13.7. The first-order valence-corrected chi connectivity index (χ1v) is 6.51. The van der Waals surface area contributed by atoms with Crippen molar-refractivity contribution in [3.8, 4) is 5.88 Å². The van der Waals surface area contributed by atoms with Crippen molar-refractivity contribution in [3.63, 3.8) is 0 Å². The fraction of sp³-hybridized carbons (Fsp3) is 0.615. The van der Waals surface area contributed by atoms with Crippen LogP contribution in [0, 0.1) is 6.92 Å². The minimum absolute atomic E-state index is 0.000114. The first-order chi connectivity index (χ1) is 9.19. The fourth-order valence-electron chi connectivity index (χ4n) is 2.00. The van der Waals surface area contributed by atoms with Crippen molar-refractivity contribution in [1.29, 1.82) is 0 Å². The van der Waals surface area contributed by atoms with Crippen LogP contribution in [0.25, 0.3) is 0 Å². The van der Waals surface area contributed by atoms with Gasteiger partial charge in [-0.25, -0.2) is 4.98 Å². The Morgan fingerprint density at radius 2 is 2.42 bits per heavy atom. The molecule has 1 atom stereocenters. The van der Waals surface area contributed by atoms with E-state index in [2.05, 4.69) is 9.97 Å². The number of rotatable bonds is 5. The normalized spacial score (nSPS) is 18.6. The Hall–Kier alpha value is -1.69. The second-order valence-electron chi connectivity index (χ2n) is 4.45. The van der Waals surface area contributed by atoms with Crippen molar-refractivity contribution < 1.29 is 14.3 Å². The van der Waals surface area contributed by atoms with Gasteiger partial charge in [-0.05, 0) is 13.8 Å². The molecule has 0 N–H and O–H groups in total. The van der Waals surface area contributed by atoms with Crippen molar-refractivity contribution >= 4 is 5.91 Å². The van der Waals surface area contributed by atoms with Gasteiger partial charge in [0.25, 0.3) is 0 Å². The fourth-order valence-corrected chi connectivity index (χ4v) is 2.00. The van der Waals surface area contributed by atoms with Crippen LogP contribution < -0.4 is 4.74 Å². The Balaban J connectivity index is 1.83. The first kappa shape index (κ1) is 13.7. The van der Waals surface area contributed by atoms with E-state index in [1.165, 1.54) is 0 Å². The molecule has 2 rings (SSSR count). The van der Waals surface area contributed by atoms with Crippen LogP contribution in [-0.4, -0.2) is 53.2 Å². The maximum absolute atomic E-state index is 11.8. The van der Waals surface area contributed by atoms with Crippen molar-refractivity contribution in [3.05, 3.63) is 18.1 Å². The molecule has 19 heavy (non-hydrogen) atoms. The molecule has 0 saturated carbocycles. The zero-order valence-electron chi connectivity index (χ0n) is 11.3. The number of likely N-dealkylation sites (tertiary alicyclic amines) is 1. The standard InChI is InChI=1S/C13H19N3O3/c1-3-18-9-13(17)16-7-5-11(8-16)19-12-4-6-14-10(2)15-12/h4,6,11H,3,5,7-9H2,1-2H3/t11-/m0/s1. The van der Waals surface area contributed by atoms with E-state index in [0.29, 0.717) is 31.4 Å². The monoisotopic (exact) mass is 265 g/mol. The molecule has 6 nitrogen and oxygen atoms in total. The summed E-state index contributed by atoms with van der Waals surface area (Å²) in [6, 6.07) is 1.73. The summed E-state index contributed by atoms with van der Waals surface area (Å²) in [5.74, 6) is 1.27. The van der Waals surface area contributed by atoms with Gasteiger partial charge < -0.3 is 14.4 Å². The second kappa shape index (κ2) is 6.47. The third-order valence-electron chi connectivity index (χ3n) is 2.97. The highest BCUT2D eigenvalue weighted by Crippen LogP contribution is 2.16. The molecule has 6 heteroatoms. The Morgan fingerprint density at radius 1 is 1.58 bits per heavy atom. The number of carbonyl (C=O) groups excluding carboxylic acids is 1. The van der Waals surface area contributed by atoms with E-state index < -0.39 is 0 Å². The molecule has 0 unspecified atom stereocenters. The minimum atomic E-state index is -0.000114. The quantitative estimate of drug-likeness (QED) is 0.788. The molecule has 1 fully saturated rings. The molecule has 0 aromatic carbocycles. The molecule has 2 heterocycles. The smallest absolute Gasteiger partial charge is 0.248 e. The van der Waals surface area contributed by atoms with Crippen LogP contribution in [0.4, 0.5) is 0 Å². The summed E-state index contributed by atoms with van der Waals surface area (Å²) < 4.78 is 10.9. The topological polar surface area (TPSA) is 64.5 Å². The third kappa shape index (κ3) is 3.89. The molecule has 1 aliphatic heterocycles. The number of hydrogen-bond acceptors (Lipinski definition) is 5. The molecule has 1 aliphatic rings. The number of ether oxygens (including phenoxy) is 2. The summed E-state index contributed by atoms with van der Waals surface area (Å²) in [5.41, 5.74) is 0. The highest BCUT2D eigenvalue weighted by molar-refractivity contribution is 5.77. The third-order valence-corrected chi connectivity index (χ3v) is 2.97. The van der Waals surface area contributed by atoms with Gasteiger partial charge in [-0.3, -0.25) is 4.79 Å². The summed E-state index contributed by atoms with van der Waals surface area (Å²) in [6.07, 6.45) is 2.49. The lowest BCUT2D eigenvalue weighted by atomic mass is 10.3. The molecular weight excluding hydrogens is 246 g/mol. The Morgan fingerprint density at radius 3 is 3.16 bits per heavy atom. The van der Waals surface area contributed by atoms with Crippen molar-refractivity contribution in [2.75, 3.05) is 26.3 Å². The molecule has 0 spiro atoms. The average Bonchev–Trinajstić information content (AvgIpc) is 2.84. The van der Waals surface area contributed by atoms with Crippen molar-refractivity contribution in [2.24, 2.45) is 0 Å². The molecule has 104 valence electrons. The summed E-state index contributed by atoms with van der Waals surface area (Å²) in [7, 11) is 0. The predicted molar refractivity (Wildman–Crippen MR) is 68.9 cm³/mol. The number of hydrogen-bond donors (Lipinski definition) is 0. The predicted octanol–water partition coefficient (Wildman–Crippen LogP) is 0.801. The van der Waals surface area contributed by atoms with Crippen LogP contribution in [0.1, 0.15) is 19.2 Å². The molecule has 0 bridgehead atoms. The Kier molecular flexibility index (Phi) is 4.68. The zero-order valence-corrected chi connectivity index (χ0v) is 11.3. The van der Waals surface area contributed by atoms with E-state index >= 15 is 0 Å². The van der Waals surface area contributed by atoms with E-state index in [-0.39, 0.29) is 18.6 Å². The van der Waals surface area contributed by atoms with Gasteiger partial charge >= 0.3 is 0 Å². The van der Waals surface area contributed by atoms with Gasteiger partial charge in [-0.15, -0.1) is 0 Å². The highest BCUT2D eigenvalue weighted by Gasteiger charge is 2.27. The lowest BCUT2D eigenvalue weighted by Gasteiger charge is -2.16. The van der Waals surface area contributed by atoms with E-state index in [9.17, 15) is 4.79 Å². The van der Waals surface area contributed by atoms with Crippen molar-refractivity contribution in [1.82, 2.24) is 14.9 Å². The van der Waals surface area contributed by atoms with Gasteiger partial charge in [0.05, 0.1) is 6.54 Å². The number of aryl methyl sites for hydroxylation is 1. The van der Waals surface area contributed by atoms with Crippen molar-refractivity contribution in [2.45, 2.75) is 26.4 Å². The Labute approximate surface area is 112 Å². The molecule has 1 aromatic rings. The molecule has 1 amide bonds. The summed E-state index contributed by atoms with van der Waals surface area (Å²) in [5, 5.41) is 0. The number of nitrogens with zero attached hydrogens (tertiary/aromatic N) is 3. The molecule has 0 radical (unpaired) electrons. The highest BCUT2D eigenvalue weighted by atomic mass is 16.5. The van der Waals surface area contributed by atoms with Crippen LogP contribution >= 0.6 is 0 Å². The van der Waals surface area contributed by atoms with Crippen LogP contribution in [0.2, 0.25) is 0 Å². The number of carbonyl (C=O) groups is 1. The first-order valence-electron chi connectivity index (χ1n) is 6.51. The van der Waals surface area contributed by atoms with Gasteiger partial charge in [-0.1, -0.05) is 0 Å². The van der Waals surface area contributed by atoms with Gasteiger partial charge in [0, 0.05) is 31.8 Å². The summed E-state index contributed by atoms with van der Waals surface area (Å²) >= 11 is 0. The number of aromatic nitrogens is 2. The summed E-state index contributed by atoms with van der Waals surface area (Å²) in [4.78, 5) is 21.8.